The Bertz CT molecular complexity index is 970. The van der Waals surface area contributed by atoms with Gasteiger partial charge in [-0.2, -0.15) is 0 Å². The zero-order chi connectivity index (χ0) is 17.1. The molecule has 24 heavy (non-hydrogen) atoms. The Kier molecular flexibility index (Phi) is 3.04. The lowest BCUT2D eigenvalue weighted by atomic mass is 9.82. The van der Waals surface area contributed by atoms with Crippen LogP contribution in [-0.4, -0.2) is 19.3 Å². The summed E-state index contributed by atoms with van der Waals surface area (Å²) in [5.41, 5.74) is 4.56. The summed E-state index contributed by atoms with van der Waals surface area (Å²) in [7, 11) is 3.32. The van der Waals surface area contributed by atoms with Crippen molar-refractivity contribution in [1.82, 2.24) is 0 Å². The molecule has 0 heterocycles. The van der Waals surface area contributed by atoms with Gasteiger partial charge in [0.1, 0.15) is 17.2 Å². The number of phenolic OH excluding ortho intramolecular Hbond substituents is 1. The van der Waals surface area contributed by atoms with E-state index in [1.165, 1.54) is 16.7 Å². The molecule has 3 nitrogen and oxygen atoms in total. The van der Waals surface area contributed by atoms with Gasteiger partial charge < -0.3 is 14.6 Å². The van der Waals surface area contributed by atoms with E-state index in [4.69, 9.17) is 9.47 Å². The summed E-state index contributed by atoms with van der Waals surface area (Å²) in [4.78, 5) is 0. The van der Waals surface area contributed by atoms with Crippen LogP contribution in [0.15, 0.2) is 42.5 Å². The minimum atomic E-state index is -0.190. The molecule has 122 valence electrons. The molecule has 0 atom stereocenters. The lowest BCUT2D eigenvalue weighted by Gasteiger charge is -2.22. The van der Waals surface area contributed by atoms with Crippen molar-refractivity contribution in [1.29, 1.82) is 0 Å². The van der Waals surface area contributed by atoms with Gasteiger partial charge in [-0.3, -0.25) is 0 Å². The zero-order valence-electron chi connectivity index (χ0n) is 14.3. The van der Waals surface area contributed by atoms with Crippen molar-refractivity contribution >= 4 is 10.8 Å². The van der Waals surface area contributed by atoms with Crippen molar-refractivity contribution in [2.75, 3.05) is 14.2 Å². The van der Waals surface area contributed by atoms with E-state index >= 15 is 0 Å². The van der Waals surface area contributed by atoms with E-state index < -0.39 is 0 Å². The van der Waals surface area contributed by atoms with E-state index in [9.17, 15) is 5.11 Å². The Morgan fingerprint density at radius 1 is 0.792 bits per heavy atom. The molecular formula is C21H20O3. The third-order valence-corrected chi connectivity index (χ3v) is 5.17. The second-order valence-electron chi connectivity index (χ2n) is 6.77. The van der Waals surface area contributed by atoms with E-state index in [-0.39, 0.29) is 11.2 Å². The number of phenols is 1. The van der Waals surface area contributed by atoms with Crippen LogP contribution < -0.4 is 9.47 Å². The second kappa shape index (κ2) is 4.91. The summed E-state index contributed by atoms with van der Waals surface area (Å²) in [6.45, 7) is 4.37. The first-order chi connectivity index (χ1) is 11.5. The van der Waals surface area contributed by atoms with Crippen LogP contribution in [0.1, 0.15) is 25.0 Å². The van der Waals surface area contributed by atoms with Gasteiger partial charge in [-0.05, 0) is 64.0 Å². The van der Waals surface area contributed by atoms with E-state index in [1.54, 1.807) is 14.2 Å². The molecule has 1 N–H and O–H groups in total. The molecule has 0 bridgehead atoms. The highest BCUT2D eigenvalue weighted by Gasteiger charge is 2.37. The van der Waals surface area contributed by atoms with Gasteiger partial charge in [-0.15, -0.1) is 0 Å². The minimum absolute atomic E-state index is 0.190. The van der Waals surface area contributed by atoms with Crippen molar-refractivity contribution in [3.05, 3.63) is 53.6 Å². The first-order valence-electron chi connectivity index (χ1n) is 8.00. The molecule has 1 aliphatic rings. The van der Waals surface area contributed by atoms with E-state index in [2.05, 4.69) is 26.0 Å². The topological polar surface area (TPSA) is 38.7 Å². The van der Waals surface area contributed by atoms with Gasteiger partial charge in [-0.25, -0.2) is 0 Å². The zero-order valence-corrected chi connectivity index (χ0v) is 14.3. The first kappa shape index (κ1) is 14.9. The lowest BCUT2D eigenvalue weighted by Crippen LogP contribution is -2.15. The van der Waals surface area contributed by atoms with Crippen molar-refractivity contribution in [2.24, 2.45) is 0 Å². The average molecular weight is 320 g/mol. The van der Waals surface area contributed by atoms with Crippen molar-refractivity contribution in [2.45, 2.75) is 19.3 Å². The fourth-order valence-electron chi connectivity index (χ4n) is 3.83. The molecule has 0 aromatic heterocycles. The molecule has 0 radical (unpaired) electrons. The Labute approximate surface area is 141 Å². The van der Waals surface area contributed by atoms with Crippen LogP contribution in [0.5, 0.6) is 17.2 Å². The number of fused-ring (bicyclic) bond motifs is 5. The molecule has 0 spiro atoms. The quantitative estimate of drug-likeness (QED) is 0.732. The predicted molar refractivity (Wildman–Crippen MR) is 96.3 cm³/mol. The van der Waals surface area contributed by atoms with E-state index in [0.29, 0.717) is 0 Å². The molecule has 0 saturated heterocycles. The second-order valence-corrected chi connectivity index (χ2v) is 6.77. The molecule has 3 aromatic carbocycles. The monoisotopic (exact) mass is 320 g/mol. The van der Waals surface area contributed by atoms with Crippen LogP contribution >= 0.6 is 0 Å². The summed E-state index contributed by atoms with van der Waals surface area (Å²) in [6.07, 6.45) is 0. The number of aromatic hydroxyl groups is 1. The molecule has 3 heteroatoms. The van der Waals surface area contributed by atoms with Gasteiger partial charge in [0.25, 0.3) is 0 Å². The van der Waals surface area contributed by atoms with Gasteiger partial charge in [0.15, 0.2) is 0 Å². The first-order valence-corrected chi connectivity index (χ1v) is 8.00. The summed E-state index contributed by atoms with van der Waals surface area (Å²) >= 11 is 0. The summed E-state index contributed by atoms with van der Waals surface area (Å²) in [6, 6.07) is 14.0. The molecule has 3 aromatic rings. The highest BCUT2D eigenvalue weighted by Crippen LogP contribution is 2.53. The largest absolute Gasteiger partial charge is 0.507 e. The molecule has 0 aliphatic heterocycles. The van der Waals surface area contributed by atoms with Crippen LogP contribution in [0.3, 0.4) is 0 Å². The van der Waals surface area contributed by atoms with Gasteiger partial charge in [0.05, 0.1) is 14.2 Å². The number of ether oxygens (including phenoxy) is 2. The summed E-state index contributed by atoms with van der Waals surface area (Å²) in [5, 5.41) is 12.4. The van der Waals surface area contributed by atoms with Gasteiger partial charge in [0.2, 0.25) is 0 Å². The number of methoxy groups -OCH3 is 2. The Balaban J connectivity index is 2.11. The van der Waals surface area contributed by atoms with Crippen molar-refractivity contribution < 1.29 is 14.6 Å². The summed E-state index contributed by atoms with van der Waals surface area (Å²) < 4.78 is 10.7. The maximum absolute atomic E-state index is 10.6. The molecule has 4 rings (SSSR count). The third kappa shape index (κ3) is 1.84. The van der Waals surface area contributed by atoms with Crippen molar-refractivity contribution in [3.63, 3.8) is 0 Å². The van der Waals surface area contributed by atoms with Crippen LogP contribution in [0.25, 0.3) is 21.9 Å². The third-order valence-electron chi connectivity index (χ3n) is 5.17. The SMILES string of the molecule is COc1ccc2c(c1)C(C)(C)c1cc(O)c3cc(OC)ccc3c1-2. The van der Waals surface area contributed by atoms with Crippen LogP contribution in [-0.2, 0) is 5.41 Å². The fraction of sp³-hybridized carbons (Fsp3) is 0.238. The highest BCUT2D eigenvalue weighted by molar-refractivity contribution is 6.05. The summed E-state index contributed by atoms with van der Waals surface area (Å²) in [5.74, 6) is 1.88. The fourth-order valence-corrected chi connectivity index (χ4v) is 3.83. The van der Waals surface area contributed by atoms with Crippen LogP contribution in [0, 0.1) is 0 Å². The number of rotatable bonds is 2. The molecule has 1 aliphatic carbocycles. The minimum Gasteiger partial charge on any atom is -0.507 e. The number of benzene rings is 3. The van der Waals surface area contributed by atoms with Crippen LogP contribution in [0.4, 0.5) is 0 Å². The highest BCUT2D eigenvalue weighted by atomic mass is 16.5. The maximum Gasteiger partial charge on any atom is 0.123 e. The smallest absolute Gasteiger partial charge is 0.123 e. The lowest BCUT2D eigenvalue weighted by molar-refractivity contribution is 0.413. The molecule has 0 unspecified atom stereocenters. The molecule has 0 amide bonds. The Morgan fingerprint density at radius 3 is 2.17 bits per heavy atom. The Morgan fingerprint density at radius 2 is 1.46 bits per heavy atom. The van der Waals surface area contributed by atoms with E-state index in [0.717, 1.165) is 27.8 Å². The Hall–Kier alpha value is -2.68. The molecular weight excluding hydrogens is 300 g/mol. The van der Waals surface area contributed by atoms with Gasteiger partial charge in [0, 0.05) is 10.8 Å². The normalized spacial score (nSPS) is 14.3. The average Bonchev–Trinajstić information content (AvgIpc) is 2.82. The molecule has 0 fully saturated rings. The van der Waals surface area contributed by atoms with E-state index in [1.807, 2.05) is 30.3 Å². The van der Waals surface area contributed by atoms with Crippen molar-refractivity contribution in [3.8, 4) is 28.4 Å². The maximum atomic E-state index is 10.6. The van der Waals surface area contributed by atoms with Gasteiger partial charge >= 0.3 is 0 Å². The standard InChI is InChI=1S/C21H20O3/c1-21(2)17-10-13(24-4)6-8-15(17)20-14-7-5-12(23-3)9-16(14)19(22)11-18(20)21/h5-11,22H,1-4H3. The molecule has 0 saturated carbocycles. The number of hydrogen-bond donors (Lipinski definition) is 1. The van der Waals surface area contributed by atoms with Gasteiger partial charge in [-0.1, -0.05) is 19.9 Å². The number of hydrogen-bond acceptors (Lipinski definition) is 3. The van der Waals surface area contributed by atoms with Crippen LogP contribution in [0.2, 0.25) is 0 Å². The predicted octanol–water partition coefficient (Wildman–Crippen LogP) is 4.87.